The normalized spacial score (nSPS) is 19.6. The van der Waals surface area contributed by atoms with Gasteiger partial charge in [0.2, 0.25) is 11.4 Å². The molecule has 8 aromatic rings. The first-order valence-corrected chi connectivity index (χ1v) is 32.2. The van der Waals surface area contributed by atoms with Gasteiger partial charge < -0.3 is 9.80 Å². The predicted octanol–water partition coefficient (Wildman–Crippen LogP) is 20.6. The zero-order valence-corrected chi connectivity index (χ0v) is 52.2. The molecule has 0 N–H and O–H groups in total. The van der Waals surface area contributed by atoms with Gasteiger partial charge in [0.25, 0.3) is 0 Å². The Morgan fingerprint density at radius 1 is 0.302 bits per heavy atom. The van der Waals surface area contributed by atoms with Crippen LogP contribution in [0.4, 0.5) is 22.7 Å². The van der Waals surface area contributed by atoms with Crippen LogP contribution in [-0.4, -0.2) is 46.8 Å². The van der Waals surface area contributed by atoms with Crippen molar-refractivity contribution in [1.82, 2.24) is 0 Å². The minimum absolute atomic E-state index is 0.161. The van der Waals surface area contributed by atoms with Crippen molar-refractivity contribution in [2.75, 3.05) is 36.0 Å². The van der Waals surface area contributed by atoms with E-state index in [0.717, 1.165) is 51.9 Å². The van der Waals surface area contributed by atoms with Gasteiger partial charge in [-0.05, 0) is 144 Å². The van der Waals surface area contributed by atoms with Gasteiger partial charge in [-0.25, -0.2) is 0 Å². The zero-order chi connectivity index (χ0) is 59.2. The second kappa shape index (κ2) is 23.2. The number of fused-ring (bicyclic) bond motifs is 18. The largest absolute Gasteiger partial charge is 0.344 e. The van der Waals surface area contributed by atoms with Crippen molar-refractivity contribution in [3.63, 3.8) is 0 Å². The molecule has 0 amide bonds. The average Bonchev–Trinajstić information content (AvgIpc) is 1.64. The number of rotatable bonds is 0. The molecule has 0 unspecified atom stereocenters. The molecule has 0 bridgehead atoms. The van der Waals surface area contributed by atoms with Gasteiger partial charge in [-0.15, -0.1) is 0 Å². The standard InChI is InChI=1S/C82H86N4/c1-79(2)71-43-19-11-9-12-20-44-72-80(3,4)77-65-41-29-25-37-61(65)49-53-69(77)85(72)57-33-17-18-34-58-86-70-54-50-62-38-26-30-42-66(62)78(70)82(7,8)74(86)46-22-14-10-13-21-45-73-81(5,6)76-64-40-28-24-36-60(64)48-52-68(76)84(73)56-32-16-15-31-55-83(71)67-51-47-59-35-23-27-39-63(59)75(67)79/h9-14,19-30,35-54H,15-18,31-34,55-58H2,1-8H3/q+2. The molecule has 432 valence electrons. The van der Waals surface area contributed by atoms with Crippen molar-refractivity contribution in [2.45, 2.75) is 128 Å². The topological polar surface area (TPSA) is 12.5 Å². The summed E-state index contributed by atoms with van der Waals surface area (Å²) in [6.45, 7) is 23.4. The number of hydrogen-bond donors (Lipinski definition) is 0. The fourth-order valence-corrected chi connectivity index (χ4v) is 15.9. The number of nitrogens with zero attached hydrogens (tertiary/aromatic N) is 4. The van der Waals surface area contributed by atoms with Crippen LogP contribution in [-0.2, 0) is 21.7 Å². The van der Waals surface area contributed by atoms with E-state index >= 15 is 0 Å². The maximum absolute atomic E-state index is 2.64. The van der Waals surface area contributed by atoms with Gasteiger partial charge in [0.15, 0.2) is 11.4 Å². The summed E-state index contributed by atoms with van der Waals surface area (Å²) in [5.41, 5.74) is 16.0. The van der Waals surface area contributed by atoms with Crippen molar-refractivity contribution in [1.29, 1.82) is 0 Å². The van der Waals surface area contributed by atoms with Crippen molar-refractivity contribution >= 4 is 77.3 Å². The molecular formula is C82H86N4+2. The first-order chi connectivity index (χ1) is 41.8. The molecule has 0 atom stereocenters. The zero-order valence-electron chi connectivity index (χ0n) is 52.2. The lowest BCUT2D eigenvalue weighted by atomic mass is 9.79. The van der Waals surface area contributed by atoms with E-state index in [1.807, 2.05) is 0 Å². The highest BCUT2D eigenvalue weighted by molar-refractivity contribution is 6.09. The molecular weight excluding hydrogens is 1040 g/mol. The van der Waals surface area contributed by atoms with E-state index in [4.69, 9.17) is 0 Å². The van der Waals surface area contributed by atoms with E-state index in [2.05, 4.69) is 305 Å². The minimum Gasteiger partial charge on any atom is -0.344 e. The third-order valence-corrected chi connectivity index (χ3v) is 19.9. The van der Waals surface area contributed by atoms with Gasteiger partial charge in [0.1, 0.15) is 13.1 Å². The Hall–Kier alpha value is -8.34. The number of anilines is 2. The first-order valence-electron chi connectivity index (χ1n) is 32.2. The molecule has 5 aliphatic heterocycles. The monoisotopic (exact) mass is 1130 g/mol. The van der Waals surface area contributed by atoms with E-state index in [1.54, 1.807) is 0 Å². The van der Waals surface area contributed by atoms with E-state index in [9.17, 15) is 0 Å². The molecule has 4 nitrogen and oxygen atoms in total. The van der Waals surface area contributed by atoms with Crippen LogP contribution >= 0.6 is 0 Å². The summed E-state index contributed by atoms with van der Waals surface area (Å²) in [6.07, 6.45) is 41.1. The van der Waals surface area contributed by atoms with Crippen molar-refractivity contribution < 1.29 is 9.15 Å². The van der Waals surface area contributed by atoms with Crippen molar-refractivity contribution in [3.8, 4) is 0 Å². The Labute approximate surface area is 512 Å². The van der Waals surface area contributed by atoms with E-state index in [-0.39, 0.29) is 21.7 Å². The van der Waals surface area contributed by atoms with Gasteiger partial charge >= 0.3 is 0 Å². The van der Waals surface area contributed by atoms with E-state index < -0.39 is 0 Å². The lowest BCUT2D eigenvalue weighted by molar-refractivity contribution is -0.440. The van der Waals surface area contributed by atoms with Gasteiger partial charge in [0.05, 0.1) is 10.8 Å². The number of benzene rings is 8. The molecule has 0 spiro atoms. The van der Waals surface area contributed by atoms with Crippen LogP contribution in [0.3, 0.4) is 0 Å². The third kappa shape index (κ3) is 9.97. The molecule has 13 rings (SSSR count). The second-order valence-electron chi connectivity index (χ2n) is 26.8. The fraction of sp³-hybridized carbons (Fsp3) is 0.293. The second-order valence-corrected chi connectivity index (χ2v) is 26.8. The summed E-state index contributed by atoms with van der Waals surface area (Å²) in [5, 5.41) is 10.7. The average molecular weight is 1130 g/mol. The van der Waals surface area contributed by atoms with Crippen LogP contribution in [0.1, 0.15) is 129 Å². The molecule has 0 aliphatic carbocycles. The molecule has 0 radical (unpaired) electrons. The van der Waals surface area contributed by atoms with Crippen LogP contribution < -0.4 is 9.80 Å². The molecule has 5 aliphatic rings. The highest BCUT2D eigenvalue weighted by Gasteiger charge is 2.47. The van der Waals surface area contributed by atoms with Crippen LogP contribution in [0.2, 0.25) is 0 Å². The Kier molecular flexibility index (Phi) is 15.3. The van der Waals surface area contributed by atoms with Crippen LogP contribution in [0.25, 0.3) is 43.1 Å². The first kappa shape index (κ1) is 56.8. The Morgan fingerprint density at radius 2 is 0.628 bits per heavy atom. The van der Waals surface area contributed by atoms with Crippen LogP contribution in [0.5, 0.6) is 0 Å². The molecule has 8 aromatic carbocycles. The third-order valence-electron chi connectivity index (χ3n) is 19.9. The summed E-state index contributed by atoms with van der Waals surface area (Å²) >= 11 is 0. The SMILES string of the molecule is CC1(C)C2=CC=CC=CC=CC3=[N+](CCCCCC[N+]4=C(C=CC=CC=CC=C5N(CCCCCCN2c2ccc6ccccc6c21)c1ccc2ccccc2c1C5(C)C)C(C)(C)c1c4ccc2ccccc12)c1ccc2ccccc2c1C3(C)C. The van der Waals surface area contributed by atoms with Gasteiger partial charge in [-0.1, -0.05) is 210 Å². The predicted molar refractivity (Wildman–Crippen MR) is 370 cm³/mol. The lowest BCUT2D eigenvalue weighted by Crippen LogP contribution is -2.28. The molecule has 0 aromatic heterocycles. The maximum Gasteiger partial charge on any atom is 0.210 e. The van der Waals surface area contributed by atoms with Crippen LogP contribution in [0, 0.1) is 0 Å². The summed E-state index contributed by atoms with van der Waals surface area (Å²) in [7, 11) is 0. The molecule has 0 saturated heterocycles. The smallest absolute Gasteiger partial charge is 0.210 e. The van der Waals surface area contributed by atoms with Crippen molar-refractivity contribution in [3.05, 3.63) is 264 Å². The quantitative estimate of drug-likeness (QED) is 0.140. The summed E-state index contributed by atoms with van der Waals surface area (Å²) < 4.78 is 5.28. The molecule has 4 heteroatoms. The van der Waals surface area contributed by atoms with Gasteiger partial charge in [-0.3, -0.25) is 0 Å². The maximum atomic E-state index is 2.64. The number of allylic oxidation sites excluding steroid dienone is 16. The molecule has 0 fully saturated rings. The highest BCUT2D eigenvalue weighted by Crippen LogP contribution is 2.53. The fourth-order valence-electron chi connectivity index (χ4n) is 15.9. The van der Waals surface area contributed by atoms with Crippen LogP contribution in [0.15, 0.2) is 242 Å². The molecule has 0 saturated carbocycles. The Bertz CT molecular complexity index is 4030. The lowest BCUT2D eigenvalue weighted by Gasteiger charge is -2.28. The van der Waals surface area contributed by atoms with E-state index in [0.29, 0.717) is 0 Å². The minimum atomic E-state index is -0.161. The summed E-state index contributed by atoms with van der Waals surface area (Å²) in [4.78, 5) is 5.28. The molecule has 5 heterocycles. The van der Waals surface area contributed by atoms with Gasteiger partial charge in [0, 0.05) is 94.9 Å². The van der Waals surface area contributed by atoms with E-state index in [1.165, 1.54) is 137 Å². The number of hydrogen-bond acceptors (Lipinski definition) is 2. The highest BCUT2D eigenvalue weighted by atomic mass is 15.2. The van der Waals surface area contributed by atoms with Gasteiger partial charge in [-0.2, -0.15) is 9.15 Å². The van der Waals surface area contributed by atoms with Crippen molar-refractivity contribution in [2.24, 2.45) is 0 Å². The molecule has 86 heavy (non-hydrogen) atoms. The Balaban J connectivity index is 0.830. The Morgan fingerprint density at radius 3 is 1.02 bits per heavy atom. The summed E-state index contributed by atoms with van der Waals surface area (Å²) in [6, 6.07) is 54.7. The summed E-state index contributed by atoms with van der Waals surface area (Å²) in [5.74, 6) is 0.